The number of anilines is 1. The van der Waals surface area contributed by atoms with Gasteiger partial charge in [0.1, 0.15) is 0 Å². The Hall–Kier alpha value is -1.27. The second-order valence-electron chi connectivity index (χ2n) is 5.04. The van der Waals surface area contributed by atoms with E-state index in [1.54, 1.807) is 6.07 Å². The first kappa shape index (κ1) is 14.7. The number of hydrogen-bond acceptors (Lipinski definition) is 3. The number of alkyl halides is 3. The molecule has 0 bridgehead atoms. The van der Waals surface area contributed by atoms with Crippen LogP contribution < -0.4 is 5.73 Å². The number of aromatic nitrogens is 1. The first-order valence-electron chi connectivity index (χ1n) is 6.48. The topological polar surface area (TPSA) is 38.9 Å². The lowest BCUT2D eigenvalue weighted by molar-refractivity contribution is -0.137. The molecule has 1 aliphatic carbocycles. The molecule has 1 unspecified atom stereocenters. The fraction of sp³-hybridized carbons (Fsp3) is 0.357. The van der Waals surface area contributed by atoms with Gasteiger partial charge in [-0.3, -0.25) is 0 Å². The summed E-state index contributed by atoms with van der Waals surface area (Å²) >= 11 is 7.04. The largest absolute Gasteiger partial charge is 0.417 e. The Morgan fingerprint density at radius 2 is 2.10 bits per heavy atom. The minimum Gasteiger partial charge on any atom is -0.375 e. The second-order valence-corrected chi connectivity index (χ2v) is 6.51. The van der Waals surface area contributed by atoms with E-state index in [-0.39, 0.29) is 10.9 Å². The van der Waals surface area contributed by atoms with Crippen LogP contribution in [0.2, 0.25) is 5.02 Å². The molecule has 0 aliphatic heterocycles. The molecular weight excluding hydrogens is 321 g/mol. The molecular formula is C14H12ClF3N2S. The Morgan fingerprint density at radius 1 is 1.33 bits per heavy atom. The van der Waals surface area contributed by atoms with Gasteiger partial charge in [-0.1, -0.05) is 17.7 Å². The SMILES string of the molecule is Nc1nc2c(s1)C(c1ccc(Cl)c(C(F)(F)F)c1)CCC2. The standard InChI is InChI=1S/C14H12ClF3N2S/c15-10-5-4-7(6-9(10)14(16,17)18)8-2-1-3-11-12(8)21-13(19)20-11/h4-6,8H,1-3H2,(H2,19,20). The first-order chi connectivity index (χ1) is 9.86. The van der Waals surface area contributed by atoms with Crippen molar-refractivity contribution in [3.63, 3.8) is 0 Å². The molecule has 1 heterocycles. The number of halogens is 4. The van der Waals surface area contributed by atoms with Gasteiger partial charge in [-0.2, -0.15) is 13.2 Å². The molecule has 1 aromatic heterocycles. The zero-order valence-electron chi connectivity index (χ0n) is 10.9. The number of nitrogens with zero attached hydrogens (tertiary/aromatic N) is 1. The van der Waals surface area contributed by atoms with Crippen molar-refractivity contribution in [1.29, 1.82) is 0 Å². The summed E-state index contributed by atoms with van der Waals surface area (Å²) in [5.41, 5.74) is 6.48. The lowest BCUT2D eigenvalue weighted by Gasteiger charge is -2.22. The summed E-state index contributed by atoms with van der Waals surface area (Å²) in [6.07, 6.45) is -1.92. The maximum Gasteiger partial charge on any atom is 0.417 e. The van der Waals surface area contributed by atoms with E-state index < -0.39 is 11.7 Å². The minimum atomic E-state index is -4.45. The quantitative estimate of drug-likeness (QED) is 0.809. The molecule has 3 rings (SSSR count). The van der Waals surface area contributed by atoms with Crippen LogP contribution in [0.25, 0.3) is 0 Å². The molecule has 2 nitrogen and oxygen atoms in total. The van der Waals surface area contributed by atoms with Crippen LogP contribution in [-0.4, -0.2) is 4.98 Å². The predicted molar refractivity (Wildman–Crippen MR) is 77.8 cm³/mol. The lowest BCUT2D eigenvalue weighted by Crippen LogP contribution is -2.12. The van der Waals surface area contributed by atoms with Crippen LogP contribution in [0.5, 0.6) is 0 Å². The molecule has 1 aromatic carbocycles. The van der Waals surface area contributed by atoms with E-state index >= 15 is 0 Å². The van der Waals surface area contributed by atoms with Gasteiger partial charge in [0.05, 0.1) is 16.3 Å². The van der Waals surface area contributed by atoms with Crippen LogP contribution in [0, 0.1) is 0 Å². The average Bonchev–Trinajstić information content (AvgIpc) is 2.78. The summed E-state index contributed by atoms with van der Waals surface area (Å²) in [5, 5.41) is 0.197. The Balaban J connectivity index is 2.06. The number of nitrogen functional groups attached to an aromatic ring is 1. The van der Waals surface area contributed by atoms with Crippen molar-refractivity contribution in [3.05, 3.63) is 44.9 Å². The summed E-state index contributed by atoms with van der Waals surface area (Å²) in [7, 11) is 0. The number of hydrogen-bond donors (Lipinski definition) is 1. The van der Waals surface area contributed by atoms with E-state index in [2.05, 4.69) is 4.98 Å². The van der Waals surface area contributed by atoms with Crippen LogP contribution in [0.1, 0.15) is 40.5 Å². The summed E-state index contributed by atoms with van der Waals surface area (Å²) in [4.78, 5) is 5.24. The lowest BCUT2D eigenvalue weighted by atomic mass is 9.85. The highest BCUT2D eigenvalue weighted by molar-refractivity contribution is 7.15. The average molecular weight is 333 g/mol. The van der Waals surface area contributed by atoms with Crippen LogP contribution in [0.15, 0.2) is 18.2 Å². The van der Waals surface area contributed by atoms with Crippen LogP contribution in [-0.2, 0) is 12.6 Å². The molecule has 112 valence electrons. The Kier molecular flexibility index (Phi) is 3.61. The zero-order chi connectivity index (χ0) is 15.2. The third kappa shape index (κ3) is 2.74. The molecule has 0 saturated carbocycles. The molecule has 21 heavy (non-hydrogen) atoms. The fourth-order valence-corrected chi connectivity index (χ4v) is 4.00. The van der Waals surface area contributed by atoms with E-state index in [0.29, 0.717) is 10.7 Å². The summed E-state index contributed by atoms with van der Waals surface area (Å²) in [6, 6.07) is 4.13. The van der Waals surface area contributed by atoms with E-state index in [4.69, 9.17) is 17.3 Å². The third-order valence-corrected chi connectivity index (χ3v) is 5.04. The highest BCUT2D eigenvalue weighted by atomic mass is 35.5. The number of thiazole rings is 1. The maximum absolute atomic E-state index is 13.0. The van der Waals surface area contributed by atoms with Crippen molar-refractivity contribution in [1.82, 2.24) is 4.98 Å². The van der Waals surface area contributed by atoms with Gasteiger partial charge >= 0.3 is 6.18 Å². The summed E-state index contributed by atoms with van der Waals surface area (Å²) in [5.74, 6) is -0.0816. The third-order valence-electron chi connectivity index (χ3n) is 3.67. The molecule has 0 saturated heterocycles. The minimum absolute atomic E-state index is 0.0816. The molecule has 2 aromatic rings. The molecule has 2 N–H and O–H groups in total. The zero-order valence-corrected chi connectivity index (χ0v) is 12.4. The molecule has 0 spiro atoms. The highest BCUT2D eigenvalue weighted by Crippen LogP contribution is 2.43. The van der Waals surface area contributed by atoms with Gasteiger partial charge in [0.2, 0.25) is 0 Å². The second kappa shape index (κ2) is 5.18. The van der Waals surface area contributed by atoms with Crippen LogP contribution in [0.3, 0.4) is 0 Å². The van der Waals surface area contributed by atoms with E-state index in [9.17, 15) is 13.2 Å². The van der Waals surface area contributed by atoms with Gasteiger partial charge in [0.25, 0.3) is 0 Å². The first-order valence-corrected chi connectivity index (χ1v) is 7.67. The van der Waals surface area contributed by atoms with Gasteiger partial charge in [-0.25, -0.2) is 4.98 Å². The molecule has 1 aliphatic rings. The predicted octanol–water partition coefficient (Wildman–Crippen LogP) is 4.87. The van der Waals surface area contributed by atoms with Gasteiger partial charge < -0.3 is 5.73 Å². The molecule has 0 radical (unpaired) electrons. The summed E-state index contributed by atoms with van der Waals surface area (Å²) in [6.45, 7) is 0. The van der Waals surface area contributed by atoms with Gasteiger partial charge in [0.15, 0.2) is 5.13 Å². The number of aryl methyl sites for hydroxylation is 1. The summed E-state index contributed by atoms with van der Waals surface area (Å²) < 4.78 is 38.9. The molecule has 1 atom stereocenters. The van der Waals surface area contributed by atoms with Gasteiger partial charge in [-0.15, -0.1) is 11.3 Å². The van der Waals surface area contributed by atoms with E-state index in [0.717, 1.165) is 35.9 Å². The van der Waals surface area contributed by atoms with E-state index in [1.807, 2.05) is 0 Å². The van der Waals surface area contributed by atoms with Crippen molar-refractivity contribution in [3.8, 4) is 0 Å². The smallest absolute Gasteiger partial charge is 0.375 e. The Morgan fingerprint density at radius 3 is 2.81 bits per heavy atom. The monoisotopic (exact) mass is 332 g/mol. The van der Waals surface area contributed by atoms with Crippen molar-refractivity contribution in [2.24, 2.45) is 0 Å². The van der Waals surface area contributed by atoms with Crippen LogP contribution >= 0.6 is 22.9 Å². The number of rotatable bonds is 1. The normalized spacial score (nSPS) is 18.6. The van der Waals surface area contributed by atoms with Gasteiger partial charge in [0, 0.05) is 10.8 Å². The molecule has 7 heteroatoms. The van der Waals surface area contributed by atoms with Crippen molar-refractivity contribution in [2.45, 2.75) is 31.4 Å². The van der Waals surface area contributed by atoms with Crippen molar-refractivity contribution in [2.75, 3.05) is 5.73 Å². The Labute approximate surface area is 128 Å². The molecule has 0 amide bonds. The fourth-order valence-electron chi connectivity index (χ4n) is 2.73. The van der Waals surface area contributed by atoms with Crippen LogP contribution in [0.4, 0.5) is 18.3 Å². The van der Waals surface area contributed by atoms with Crippen molar-refractivity contribution < 1.29 is 13.2 Å². The maximum atomic E-state index is 13.0. The van der Waals surface area contributed by atoms with Crippen molar-refractivity contribution >= 4 is 28.1 Å². The number of benzene rings is 1. The van der Waals surface area contributed by atoms with Gasteiger partial charge in [-0.05, 0) is 37.0 Å². The number of nitrogens with two attached hydrogens (primary N) is 1. The Bertz CT molecular complexity index is 681. The van der Waals surface area contributed by atoms with E-state index in [1.165, 1.54) is 17.4 Å². The number of fused-ring (bicyclic) bond motifs is 1. The molecule has 0 fully saturated rings. The highest BCUT2D eigenvalue weighted by Gasteiger charge is 2.35.